The van der Waals surface area contributed by atoms with Gasteiger partial charge < -0.3 is 48.6 Å². The quantitative estimate of drug-likeness (QED) is 0.0403. The van der Waals surface area contributed by atoms with E-state index in [4.69, 9.17) is 40.0 Å². The van der Waals surface area contributed by atoms with Crippen molar-refractivity contribution < 1.29 is 62.3 Å². The minimum absolute atomic E-state index is 0.0422. The number of hydrogen-bond acceptors (Lipinski definition) is 17. The first-order valence-electron chi connectivity index (χ1n) is 25.8. The Hall–Kier alpha value is -5.39. The van der Waals surface area contributed by atoms with Crippen molar-refractivity contribution in [2.75, 3.05) is 52.6 Å². The lowest BCUT2D eigenvalue weighted by Crippen LogP contribution is -2.63. The van der Waals surface area contributed by atoms with Crippen LogP contribution in [0.4, 0.5) is 10.5 Å². The van der Waals surface area contributed by atoms with Gasteiger partial charge in [-0.2, -0.15) is 5.10 Å². The molecule has 4 aliphatic rings. The number of nitrogens with one attached hydrogen (secondary N) is 3. The molecule has 422 valence electrons. The largest absolute Gasteiger partial charge is 0.495 e. The summed E-state index contributed by atoms with van der Waals surface area (Å²) in [6.45, 7) is 11.2. The van der Waals surface area contributed by atoms with Crippen LogP contribution in [-0.4, -0.2) is 151 Å². The minimum Gasteiger partial charge on any atom is -0.495 e. The lowest BCUT2D eigenvalue weighted by molar-refractivity contribution is -0.162. The third-order valence-electron chi connectivity index (χ3n) is 14.3. The van der Waals surface area contributed by atoms with E-state index in [1.807, 2.05) is 32.9 Å². The zero-order valence-corrected chi connectivity index (χ0v) is 48.2. The van der Waals surface area contributed by atoms with E-state index in [0.717, 1.165) is 35.2 Å². The Kier molecular flexibility index (Phi) is 20.9. The van der Waals surface area contributed by atoms with E-state index >= 15 is 0 Å². The fraction of sp³-hybridized carbons (Fsp3) is 0.593. The average Bonchev–Trinajstić information content (AvgIpc) is 4.13. The lowest BCUT2D eigenvalue weighted by Gasteiger charge is -2.42. The first-order valence-corrected chi connectivity index (χ1v) is 28.5. The number of hydrogen-bond donors (Lipinski definition) is 4. The summed E-state index contributed by atoms with van der Waals surface area (Å²) in [6.07, 6.45) is 5.67. The van der Waals surface area contributed by atoms with Crippen molar-refractivity contribution in [3.8, 4) is 11.5 Å². The summed E-state index contributed by atoms with van der Waals surface area (Å²) in [5, 5.41) is 21.6. The van der Waals surface area contributed by atoms with E-state index in [1.165, 1.54) is 59.6 Å². The zero-order valence-electron chi connectivity index (χ0n) is 45.8. The maximum Gasteiger partial charge on any atom is 0.409 e. The van der Waals surface area contributed by atoms with Gasteiger partial charge in [-0.3, -0.25) is 29.5 Å². The number of carbonyl (C=O) groups is 6. The summed E-state index contributed by atoms with van der Waals surface area (Å²) < 4.78 is 34.8. The summed E-state index contributed by atoms with van der Waals surface area (Å²) in [5.74, 6) is -1.12. The van der Waals surface area contributed by atoms with Crippen LogP contribution < -0.4 is 30.4 Å². The highest BCUT2D eigenvalue weighted by Crippen LogP contribution is 2.49. The number of anilines is 1. The van der Waals surface area contributed by atoms with Crippen LogP contribution >= 0.6 is 33.2 Å². The van der Waals surface area contributed by atoms with Crippen LogP contribution in [0.5, 0.6) is 11.5 Å². The lowest BCUT2D eigenvalue weighted by atomic mass is 9.83. The van der Waals surface area contributed by atoms with Gasteiger partial charge in [0, 0.05) is 70.4 Å². The molecular formula is C54H74ClN7O13S2. The number of esters is 1. The summed E-state index contributed by atoms with van der Waals surface area (Å²) in [5.41, 5.74) is 3.99. The predicted octanol–water partition coefficient (Wildman–Crippen LogP) is 6.61. The minimum atomic E-state index is -1.87. The van der Waals surface area contributed by atoms with E-state index in [9.17, 15) is 33.9 Å². The van der Waals surface area contributed by atoms with Gasteiger partial charge >= 0.3 is 12.1 Å². The Morgan fingerprint density at radius 1 is 1.14 bits per heavy atom. The third kappa shape index (κ3) is 15.7. The van der Waals surface area contributed by atoms with E-state index in [2.05, 4.69) is 26.1 Å². The molecule has 1 aliphatic carbocycles. The number of halogens is 1. The zero-order chi connectivity index (χ0) is 56.4. The number of pyridine rings is 1. The van der Waals surface area contributed by atoms with Crippen LogP contribution in [0.2, 0.25) is 5.02 Å². The fourth-order valence-electron chi connectivity index (χ4n) is 9.55. The molecule has 0 saturated carbocycles. The number of methoxy groups -OCH3 is 2. The number of amides is 5. The molecule has 4 N–H and O–H groups in total. The number of carbonyl (C=O) groups excluding carboxylic acids is 6. The predicted molar refractivity (Wildman–Crippen MR) is 295 cm³/mol. The van der Waals surface area contributed by atoms with Gasteiger partial charge in [0.25, 0.3) is 0 Å². The van der Waals surface area contributed by atoms with Crippen molar-refractivity contribution in [3.05, 3.63) is 70.0 Å². The monoisotopic (exact) mass is 1130 g/mol. The van der Waals surface area contributed by atoms with E-state index in [-0.39, 0.29) is 48.4 Å². The molecule has 2 fully saturated rings. The molecule has 0 radical (unpaired) electrons. The molecule has 1 aromatic heterocycles. The molecule has 2 aromatic rings. The van der Waals surface area contributed by atoms with Crippen LogP contribution in [0.1, 0.15) is 110 Å². The summed E-state index contributed by atoms with van der Waals surface area (Å²) in [7, 11) is 10.5. The Labute approximate surface area is 463 Å². The topological polar surface area (TPSA) is 249 Å². The van der Waals surface area contributed by atoms with E-state index < -0.39 is 70.4 Å². The molecule has 4 heterocycles. The van der Waals surface area contributed by atoms with Crippen LogP contribution in [0.15, 0.2) is 53.3 Å². The van der Waals surface area contributed by atoms with Crippen molar-refractivity contribution in [2.45, 2.75) is 152 Å². The van der Waals surface area contributed by atoms with Crippen LogP contribution in [0, 0.1) is 5.92 Å². The number of likely N-dealkylation sites (N-methyl/N-ethyl adjacent to an activating group) is 1. The molecule has 5 amide bonds. The Morgan fingerprint density at radius 3 is 2.61 bits per heavy atom. The SMILES string of the molecule is CNC(=O)CCCOc1cnc2c(c1)CCC/C2=N\NC(=O)CC(C)(C)SSCCC(=O)N(C)[C@@H](C)C(=O)O[C@H]1CC(=O)N(C)c2cc(cc(OC)c2Cl)C/C(C)=C/C=C/[C@@H](OC)[C@@]2(O)C[C@H](OC(=O)N2)[C@@H](C)[C@@H]2O[C@@]12C. The highest BCUT2D eigenvalue weighted by Gasteiger charge is 2.64. The molecule has 6 rings (SSSR count). The number of hydrazone groups is 1. The number of epoxide rings is 1. The molecule has 1 aromatic carbocycles. The highest BCUT2D eigenvalue weighted by molar-refractivity contribution is 8.77. The molecule has 8 atom stereocenters. The first-order chi connectivity index (χ1) is 36.4. The van der Waals surface area contributed by atoms with Gasteiger partial charge in [0.1, 0.15) is 46.5 Å². The number of aliphatic hydroxyl groups is 1. The van der Waals surface area contributed by atoms with Gasteiger partial charge in [0.05, 0.1) is 49.5 Å². The maximum absolute atomic E-state index is 14.4. The highest BCUT2D eigenvalue weighted by atomic mass is 35.5. The second kappa shape index (κ2) is 26.5. The number of aromatic nitrogens is 1. The molecule has 23 heteroatoms. The second-order valence-electron chi connectivity index (χ2n) is 20.7. The molecule has 4 bridgehead atoms. The number of benzene rings is 1. The molecule has 2 saturated heterocycles. The van der Waals surface area contributed by atoms with Gasteiger partial charge in [-0.25, -0.2) is 15.0 Å². The van der Waals surface area contributed by atoms with Gasteiger partial charge in [-0.1, -0.05) is 63.9 Å². The molecule has 0 unspecified atom stereocenters. The molecule has 77 heavy (non-hydrogen) atoms. The number of nitrogens with zero attached hydrogens (tertiary/aromatic N) is 4. The van der Waals surface area contributed by atoms with Crippen LogP contribution in [0.25, 0.3) is 0 Å². The molecule has 0 spiro atoms. The average molecular weight is 1130 g/mol. The second-order valence-corrected chi connectivity index (χ2v) is 24.2. The van der Waals surface area contributed by atoms with Crippen molar-refractivity contribution in [2.24, 2.45) is 11.0 Å². The van der Waals surface area contributed by atoms with Crippen molar-refractivity contribution in [3.63, 3.8) is 0 Å². The van der Waals surface area contributed by atoms with Gasteiger partial charge in [0.2, 0.25) is 23.6 Å². The summed E-state index contributed by atoms with van der Waals surface area (Å²) in [4.78, 5) is 87.1. The van der Waals surface area contributed by atoms with Crippen LogP contribution in [0.3, 0.4) is 0 Å². The number of rotatable bonds is 18. The standard InChI is InChI=1S/C54H74ClN7O13S2/c1-31-15-12-18-41(71-11)54(69)28-40(73-51(68)58-54)32(2)49-53(6,75-49)42(27-46(66)62(9)38-24-34(23-31)25-39(70-10)47(38)55)74-50(67)33(3)61(8)45(65)20-22-76-77-52(4,5)29-44(64)60-59-37-17-13-16-35-26-36(30-57-48(35)37)72-21-14-19-43(63)56-7/h12,15,18,24-26,30,32-33,40-42,49,69H,13-14,16-17,19-23,27-29H2,1-11H3,(H,56,63)(H,58,68)(H,60,64)/b18-12+,31-15+,59-37+/t32-,33+,40+,41-,42+,49+,53+,54+/m1/s1. The van der Waals surface area contributed by atoms with Crippen molar-refractivity contribution >= 4 is 80.3 Å². The number of fused-ring (bicyclic) bond motifs is 6. The van der Waals surface area contributed by atoms with E-state index in [1.54, 1.807) is 58.4 Å². The number of ether oxygens (including phenoxy) is 6. The Balaban J connectivity index is 1.07. The first kappa shape index (κ1) is 60.8. The fourth-order valence-corrected chi connectivity index (χ4v) is 12.3. The van der Waals surface area contributed by atoms with Crippen molar-refractivity contribution in [1.29, 1.82) is 0 Å². The molecule has 3 aliphatic heterocycles. The maximum atomic E-state index is 14.4. The Morgan fingerprint density at radius 2 is 1.90 bits per heavy atom. The van der Waals surface area contributed by atoms with Crippen molar-refractivity contribution in [1.82, 2.24) is 25.9 Å². The summed E-state index contributed by atoms with van der Waals surface area (Å²) in [6, 6.07) is 4.42. The van der Waals surface area contributed by atoms with Gasteiger partial charge in [-0.15, -0.1) is 0 Å². The smallest absolute Gasteiger partial charge is 0.409 e. The van der Waals surface area contributed by atoms with E-state index in [0.29, 0.717) is 60.9 Å². The normalized spacial score (nSPS) is 26.6. The van der Waals surface area contributed by atoms with Crippen LogP contribution in [-0.2, 0) is 55.8 Å². The number of allylic oxidation sites excluding steroid dienone is 3. The van der Waals surface area contributed by atoms with Gasteiger partial charge in [-0.05, 0) is 96.0 Å². The number of aryl methyl sites for hydroxylation is 1. The molecule has 20 nitrogen and oxygen atoms in total. The number of alkyl carbamates (subject to hydrolysis) is 1. The molecular weight excluding hydrogens is 1050 g/mol. The van der Waals surface area contributed by atoms with Gasteiger partial charge in [0.15, 0.2) is 5.72 Å². The summed E-state index contributed by atoms with van der Waals surface area (Å²) >= 11 is 6.84. The third-order valence-corrected chi connectivity index (χ3v) is 18.0. The Bertz CT molecular complexity index is 2620.